The number of ether oxygens (including phenoxy) is 1. The highest BCUT2D eigenvalue weighted by atomic mass is 16.5. The summed E-state index contributed by atoms with van der Waals surface area (Å²) in [6, 6.07) is 6.69. The molecule has 0 saturated carbocycles. The SMILES string of the molecule is COc1ccc(C(=O)NCC(=O)NC(C)(C)C)cc1. The number of carbonyl (C=O) groups excluding carboxylic acids is 2. The smallest absolute Gasteiger partial charge is 0.251 e. The molecule has 0 atom stereocenters. The van der Waals surface area contributed by atoms with Crippen molar-refractivity contribution >= 4 is 11.8 Å². The second-order valence-electron chi connectivity index (χ2n) is 5.21. The Labute approximate surface area is 113 Å². The molecule has 0 unspecified atom stereocenters. The summed E-state index contributed by atoms with van der Waals surface area (Å²) < 4.78 is 5.01. The molecule has 2 N–H and O–H groups in total. The van der Waals surface area contributed by atoms with E-state index >= 15 is 0 Å². The van der Waals surface area contributed by atoms with E-state index in [-0.39, 0.29) is 23.9 Å². The highest BCUT2D eigenvalue weighted by Gasteiger charge is 2.14. The van der Waals surface area contributed by atoms with E-state index in [0.29, 0.717) is 11.3 Å². The van der Waals surface area contributed by atoms with Crippen LogP contribution in [0.4, 0.5) is 0 Å². The molecule has 5 heteroatoms. The maximum Gasteiger partial charge on any atom is 0.251 e. The topological polar surface area (TPSA) is 67.4 Å². The van der Waals surface area contributed by atoms with Crippen LogP contribution in [-0.2, 0) is 4.79 Å². The Hall–Kier alpha value is -2.04. The molecule has 0 aliphatic carbocycles. The predicted octanol–water partition coefficient (Wildman–Crippen LogP) is 1.34. The third-order valence-electron chi connectivity index (χ3n) is 2.28. The molecular weight excluding hydrogens is 244 g/mol. The zero-order valence-electron chi connectivity index (χ0n) is 11.7. The van der Waals surface area contributed by atoms with E-state index in [4.69, 9.17) is 4.74 Å². The van der Waals surface area contributed by atoms with Crippen molar-refractivity contribution in [1.82, 2.24) is 10.6 Å². The standard InChI is InChI=1S/C14H20N2O3/c1-14(2,3)16-12(17)9-15-13(18)10-5-7-11(19-4)8-6-10/h5-8H,9H2,1-4H3,(H,15,18)(H,16,17). The number of methoxy groups -OCH3 is 1. The number of rotatable bonds is 4. The van der Waals surface area contributed by atoms with Gasteiger partial charge in [0.1, 0.15) is 5.75 Å². The normalized spacial score (nSPS) is 10.7. The molecule has 0 fully saturated rings. The van der Waals surface area contributed by atoms with Crippen molar-refractivity contribution in [3.63, 3.8) is 0 Å². The van der Waals surface area contributed by atoms with Gasteiger partial charge in [-0.05, 0) is 45.0 Å². The van der Waals surface area contributed by atoms with Crippen LogP contribution in [0.25, 0.3) is 0 Å². The summed E-state index contributed by atoms with van der Waals surface area (Å²) >= 11 is 0. The molecule has 1 aromatic carbocycles. The Balaban J connectivity index is 2.49. The van der Waals surface area contributed by atoms with Crippen molar-refractivity contribution in [1.29, 1.82) is 0 Å². The average molecular weight is 264 g/mol. The zero-order chi connectivity index (χ0) is 14.5. The summed E-state index contributed by atoms with van der Waals surface area (Å²) in [6.45, 7) is 5.62. The largest absolute Gasteiger partial charge is 0.497 e. The number of hydrogen-bond donors (Lipinski definition) is 2. The highest BCUT2D eigenvalue weighted by Crippen LogP contribution is 2.10. The summed E-state index contributed by atoms with van der Waals surface area (Å²) in [4.78, 5) is 23.3. The molecule has 0 bridgehead atoms. The monoisotopic (exact) mass is 264 g/mol. The summed E-state index contributed by atoms with van der Waals surface area (Å²) in [7, 11) is 1.56. The van der Waals surface area contributed by atoms with Gasteiger partial charge < -0.3 is 15.4 Å². The van der Waals surface area contributed by atoms with Crippen LogP contribution in [0.5, 0.6) is 5.75 Å². The lowest BCUT2D eigenvalue weighted by Gasteiger charge is -2.20. The summed E-state index contributed by atoms with van der Waals surface area (Å²) in [5.74, 6) is 0.183. The van der Waals surface area contributed by atoms with E-state index in [2.05, 4.69) is 10.6 Å². The first-order chi connectivity index (χ1) is 8.81. The van der Waals surface area contributed by atoms with Crippen LogP contribution in [0.2, 0.25) is 0 Å². The second-order valence-corrected chi connectivity index (χ2v) is 5.21. The quantitative estimate of drug-likeness (QED) is 0.862. The summed E-state index contributed by atoms with van der Waals surface area (Å²) in [5.41, 5.74) is 0.187. The molecule has 0 spiro atoms. The van der Waals surface area contributed by atoms with Gasteiger partial charge in [0.2, 0.25) is 5.91 Å². The molecule has 5 nitrogen and oxygen atoms in total. The average Bonchev–Trinajstić information content (AvgIpc) is 2.34. The van der Waals surface area contributed by atoms with Crippen molar-refractivity contribution in [3.8, 4) is 5.75 Å². The fourth-order valence-electron chi connectivity index (χ4n) is 1.47. The number of benzene rings is 1. The van der Waals surface area contributed by atoms with E-state index in [1.165, 1.54) is 0 Å². The van der Waals surface area contributed by atoms with E-state index in [1.54, 1.807) is 31.4 Å². The van der Waals surface area contributed by atoms with Gasteiger partial charge in [-0.3, -0.25) is 9.59 Å². The van der Waals surface area contributed by atoms with Gasteiger partial charge in [0, 0.05) is 11.1 Å². The lowest BCUT2D eigenvalue weighted by molar-refractivity contribution is -0.121. The molecule has 19 heavy (non-hydrogen) atoms. The molecule has 1 aromatic rings. The van der Waals surface area contributed by atoms with E-state index in [1.807, 2.05) is 20.8 Å². The first-order valence-electron chi connectivity index (χ1n) is 6.05. The van der Waals surface area contributed by atoms with Gasteiger partial charge in [-0.2, -0.15) is 0 Å². The molecule has 0 saturated heterocycles. The van der Waals surface area contributed by atoms with Gasteiger partial charge in [-0.1, -0.05) is 0 Å². The third-order valence-corrected chi connectivity index (χ3v) is 2.28. The Kier molecular flexibility index (Phi) is 4.92. The molecule has 0 radical (unpaired) electrons. The van der Waals surface area contributed by atoms with Gasteiger partial charge in [0.15, 0.2) is 0 Å². The van der Waals surface area contributed by atoms with Crippen LogP contribution < -0.4 is 15.4 Å². The Morgan fingerprint density at radius 1 is 1.16 bits per heavy atom. The summed E-state index contributed by atoms with van der Waals surface area (Å²) in [6.07, 6.45) is 0. The minimum atomic E-state index is -0.304. The van der Waals surface area contributed by atoms with Gasteiger partial charge in [-0.15, -0.1) is 0 Å². The molecule has 0 aliphatic heterocycles. The number of nitrogens with one attached hydrogen (secondary N) is 2. The number of hydrogen-bond acceptors (Lipinski definition) is 3. The van der Waals surface area contributed by atoms with Crippen LogP contribution in [0.3, 0.4) is 0 Å². The second kappa shape index (κ2) is 6.22. The first kappa shape index (κ1) is 15.0. The molecular formula is C14H20N2O3. The minimum Gasteiger partial charge on any atom is -0.497 e. The summed E-state index contributed by atoms with van der Waals surface area (Å²) in [5, 5.41) is 5.34. The number of carbonyl (C=O) groups is 2. The lowest BCUT2D eigenvalue weighted by Crippen LogP contribution is -2.45. The molecule has 0 heterocycles. The Bertz CT molecular complexity index is 447. The highest BCUT2D eigenvalue weighted by molar-refractivity contribution is 5.96. The van der Waals surface area contributed by atoms with Crippen molar-refractivity contribution in [2.45, 2.75) is 26.3 Å². The van der Waals surface area contributed by atoms with Crippen molar-refractivity contribution in [2.75, 3.05) is 13.7 Å². The Morgan fingerprint density at radius 3 is 2.21 bits per heavy atom. The van der Waals surface area contributed by atoms with E-state index < -0.39 is 0 Å². The van der Waals surface area contributed by atoms with Crippen LogP contribution in [0.1, 0.15) is 31.1 Å². The molecule has 1 rings (SSSR count). The first-order valence-corrected chi connectivity index (χ1v) is 6.05. The van der Waals surface area contributed by atoms with Gasteiger partial charge in [-0.25, -0.2) is 0 Å². The van der Waals surface area contributed by atoms with Crippen molar-refractivity contribution < 1.29 is 14.3 Å². The van der Waals surface area contributed by atoms with Gasteiger partial charge in [0.25, 0.3) is 5.91 Å². The Morgan fingerprint density at radius 2 is 1.74 bits per heavy atom. The van der Waals surface area contributed by atoms with Gasteiger partial charge >= 0.3 is 0 Å². The fourth-order valence-corrected chi connectivity index (χ4v) is 1.47. The maximum absolute atomic E-state index is 11.8. The molecule has 2 amide bonds. The lowest BCUT2D eigenvalue weighted by atomic mass is 10.1. The van der Waals surface area contributed by atoms with E-state index in [9.17, 15) is 9.59 Å². The van der Waals surface area contributed by atoms with Crippen LogP contribution >= 0.6 is 0 Å². The third kappa shape index (κ3) is 5.42. The molecule has 104 valence electrons. The van der Waals surface area contributed by atoms with Crippen molar-refractivity contribution in [3.05, 3.63) is 29.8 Å². The zero-order valence-corrected chi connectivity index (χ0v) is 11.7. The van der Waals surface area contributed by atoms with Crippen LogP contribution in [0, 0.1) is 0 Å². The predicted molar refractivity (Wildman–Crippen MR) is 73.2 cm³/mol. The minimum absolute atomic E-state index is 0.0396. The van der Waals surface area contributed by atoms with Crippen LogP contribution in [-0.4, -0.2) is 31.0 Å². The fraction of sp³-hybridized carbons (Fsp3) is 0.429. The van der Waals surface area contributed by atoms with Crippen molar-refractivity contribution in [2.24, 2.45) is 0 Å². The van der Waals surface area contributed by atoms with Gasteiger partial charge in [0.05, 0.1) is 13.7 Å². The number of amides is 2. The molecule has 0 aromatic heterocycles. The molecule has 0 aliphatic rings. The van der Waals surface area contributed by atoms with Crippen LogP contribution in [0.15, 0.2) is 24.3 Å². The maximum atomic E-state index is 11.8. The van der Waals surface area contributed by atoms with E-state index in [0.717, 1.165) is 0 Å².